The van der Waals surface area contributed by atoms with E-state index in [1.165, 1.54) is 101 Å². The lowest BCUT2D eigenvalue weighted by atomic mass is 10.1. The minimum atomic E-state index is -1.37. The molecule has 4 aromatic rings. The second-order valence-corrected chi connectivity index (χ2v) is 19.4. The Hall–Kier alpha value is -11.1. The first-order valence-corrected chi connectivity index (χ1v) is 27.5. The van der Waals surface area contributed by atoms with E-state index in [1.807, 2.05) is 0 Å². The lowest BCUT2D eigenvalue weighted by molar-refractivity contribution is -0.118. The van der Waals surface area contributed by atoms with Crippen LogP contribution in [0.5, 0.6) is 23.0 Å². The number of carbonyl (C=O) groups is 10. The number of guanidine groups is 2. The Morgan fingerprint density at radius 1 is 0.404 bits per heavy atom. The summed E-state index contributed by atoms with van der Waals surface area (Å²) in [4.78, 5) is 141. The molecule has 0 aliphatic carbocycles. The zero-order valence-electron chi connectivity index (χ0n) is 49.5. The van der Waals surface area contributed by atoms with Gasteiger partial charge in [0.1, 0.15) is 41.1 Å². The summed E-state index contributed by atoms with van der Waals surface area (Å²) < 4.78 is 21.6. The molecule has 0 fully saturated rings. The zero-order valence-corrected chi connectivity index (χ0v) is 49.5. The first kappa shape index (κ1) is 70.4. The van der Waals surface area contributed by atoms with Crippen LogP contribution in [0.15, 0.2) is 82.8 Å². The molecule has 4 unspecified atom stereocenters. The van der Waals surface area contributed by atoms with Crippen LogP contribution in [0, 0.1) is 0 Å². The highest BCUT2D eigenvalue weighted by atomic mass is 16.5. The number of benzene rings is 4. The van der Waals surface area contributed by atoms with Crippen LogP contribution >= 0.6 is 0 Å². The maximum atomic E-state index is 14.3. The summed E-state index contributed by atoms with van der Waals surface area (Å²) in [5.74, 6) is -6.24. The van der Waals surface area contributed by atoms with E-state index < -0.39 is 83.5 Å². The molecule has 480 valence electrons. The van der Waals surface area contributed by atoms with Gasteiger partial charge < -0.3 is 113 Å². The van der Waals surface area contributed by atoms with Crippen molar-refractivity contribution in [3.63, 3.8) is 0 Å². The average molecular weight is 1240 g/mol. The Morgan fingerprint density at radius 3 is 1.00 bits per heavy atom. The summed E-state index contributed by atoms with van der Waals surface area (Å²) in [7, 11) is 5.21. The van der Waals surface area contributed by atoms with Gasteiger partial charge in [-0.05, 0) is 124 Å². The van der Waals surface area contributed by atoms with Crippen LogP contribution in [0.2, 0.25) is 0 Å². The normalized spacial score (nSPS) is 11.9. The number of hydrogen-bond acceptors (Lipinski definition) is 17. The fourth-order valence-electron chi connectivity index (χ4n) is 8.49. The number of anilines is 4. The number of ether oxygens (including phenoxy) is 4. The monoisotopic (exact) mass is 1240 g/mol. The summed E-state index contributed by atoms with van der Waals surface area (Å²) in [5.41, 5.74) is 43.8. The Balaban J connectivity index is 1.60. The number of amides is 12. The van der Waals surface area contributed by atoms with E-state index in [-0.39, 0.29) is 151 Å². The van der Waals surface area contributed by atoms with Gasteiger partial charge in [-0.2, -0.15) is 0 Å². The second kappa shape index (κ2) is 35.4. The molecular formula is C56H77N19O14. The SMILES string of the molecule is COc1ccc(NC(=O)C(CCCN=C(N)N)NC(=O)c2cc(NC(=O)C(CCCNC(N)=O)NC(=O)c3cc(NC(=O)C(CCCNC(N)=O)NC(=O)c4cc(NC(=O)C(N)CCCN=C(N)N)ccc4OC)ccc3OC)ccc2OC)cc1C(N)=O. The lowest BCUT2D eigenvalue weighted by Gasteiger charge is -2.22. The van der Waals surface area contributed by atoms with E-state index in [0.29, 0.717) is 6.42 Å². The van der Waals surface area contributed by atoms with E-state index in [0.717, 1.165) is 0 Å². The predicted octanol–water partition coefficient (Wildman–Crippen LogP) is -0.699. The fourth-order valence-corrected chi connectivity index (χ4v) is 8.49. The maximum absolute atomic E-state index is 14.3. The number of primary amides is 3. The van der Waals surface area contributed by atoms with Crippen molar-refractivity contribution in [1.82, 2.24) is 26.6 Å². The largest absolute Gasteiger partial charge is 0.496 e. The van der Waals surface area contributed by atoms with Crippen molar-refractivity contribution in [2.24, 2.45) is 55.9 Å². The molecule has 12 amide bonds. The van der Waals surface area contributed by atoms with E-state index in [2.05, 4.69) is 57.8 Å². The van der Waals surface area contributed by atoms with Crippen LogP contribution in [0.3, 0.4) is 0 Å². The third-order valence-electron chi connectivity index (χ3n) is 12.9. The molecule has 0 aliphatic rings. The molecule has 33 heteroatoms. The Bertz CT molecular complexity index is 3260. The maximum Gasteiger partial charge on any atom is 0.312 e. The molecule has 0 radical (unpaired) electrons. The topological polar surface area (TPSA) is 549 Å². The van der Waals surface area contributed by atoms with Crippen LogP contribution in [-0.2, 0) is 19.2 Å². The van der Waals surface area contributed by atoms with Crippen LogP contribution in [0.4, 0.5) is 32.3 Å². The number of aliphatic imine (C=N–C) groups is 2. The van der Waals surface area contributed by atoms with Crippen molar-refractivity contribution >= 4 is 94.0 Å². The van der Waals surface area contributed by atoms with Crippen molar-refractivity contribution in [2.45, 2.75) is 75.5 Å². The number of methoxy groups -OCH3 is 4. The van der Waals surface area contributed by atoms with Crippen molar-refractivity contribution in [3.8, 4) is 23.0 Å². The van der Waals surface area contributed by atoms with Gasteiger partial charge in [0.25, 0.3) is 23.6 Å². The minimum absolute atomic E-state index is 0.00292. The number of hydrogen-bond donors (Lipinski definition) is 17. The number of nitrogens with two attached hydrogens (primary N) is 8. The van der Waals surface area contributed by atoms with Crippen molar-refractivity contribution in [3.05, 3.63) is 95.1 Å². The van der Waals surface area contributed by atoms with Crippen LogP contribution in [0.1, 0.15) is 92.8 Å². The van der Waals surface area contributed by atoms with Gasteiger partial charge in [0.15, 0.2) is 11.9 Å². The summed E-state index contributed by atoms with van der Waals surface area (Å²) in [6.07, 6.45) is 0.922. The Kier molecular flexibility index (Phi) is 28.0. The highest BCUT2D eigenvalue weighted by molar-refractivity contribution is 6.08. The van der Waals surface area contributed by atoms with Crippen LogP contribution in [-0.4, -0.2) is 150 Å². The molecule has 0 aliphatic heterocycles. The van der Waals surface area contributed by atoms with Gasteiger partial charge in [0, 0.05) is 48.9 Å². The van der Waals surface area contributed by atoms with E-state index in [9.17, 15) is 47.9 Å². The minimum Gasteiger partial charge on any atom is -0.496 e. The number of carbonyl (C=O) groups excluding carboxylic acids is 10. The number of rotatable bonds is 35. The zero-order chi connectivity index (χ0) is 65.7. The summed E-state index contributed by atoms with van der Waals surface area (Å²) in [6, 6.07) is 9.92. The molecule has 4 aromatic carbocycles. The molecule has 0 saturated heterocycles. The van der Waals surface area contributed by atoms with Gasteiger partial charge in [-0.15, -0.1) is 0 Å². The molecule has 0 bridgehead atoms. The molecule has 0 heterocycles. The lowest BCUT2D eigenvalue weighted by Crippen LogP contribution is -2.45. The molecular weight excluding hydrogens is 1160 g/mol. The number of nitrogens with zero attached hydrogens (tertiary/aromatic N) is 2. The molecule has 4 rings (SSSR count). The van der Waals surface area contributed by atoms with E-state index >= 15 is 0 Å². The van der Waals surface area contributed by atoms with Gasteiger partial charge in [-0.3, -0.25) is 48.3 Å². The highest BCUT2D eigenvalue weighted by Crippen LogP contribution is 2.28. The molecule has 0 saturated carbocycles. The van der Waals surface area contributed by atoms with E-state index in [1.54, 1.807) is 0 Å². The van der Waals surface area contributed by atoms with Crippen molar-refractivity contribution in [1.29, 1.82) is 0 Å². The van der Waals surface area contributed by atoms with Crippen molar-refractivity contribution < 1.29 is 66.9 Å². The molecule has 33 nitrogen and oxygen atoms in total. The number of nitrogens with one attached hydrogen (secondary N) is 9. The quantitative estimate of drug-likeness (QED) is 0.0154. The summed E-state index contributed by atoms with van der Waals surface area (Å²) in [5, 5.41) is 23.5. The third-order valence-corrected chi connectivity index (χ3v) is 12.9. The first-order chi connectivity index (χ1) is 42.4. The average Bonchev–Trinajstić information content (AvgIpc) is 2.33. The Morgan fingerprint density at radius 2 is 0.697 bits per heavy atom. The van der Waals surface area contributed by atoms with Gasteiger partial charge in [-0.25, -0.2) is 9.59 Å². The molecule has 89 heavy (non-hydrogen) atoms. The number of urea groups is 2. The summed E-state index contributed by atoms with van der Waals surface area (Å²) in [6.45, 7) is 0.348. The van der Waals surface area contributed by atoms with Crippen molar-refractivity contribution in [2.75, 3.05) is 75.9 Å². The van der Waals surface area contributed by atoms with Crippen LogP contribution in [0.25, 0.3) is 0 Å². The highest BCUT2D eigenvalue weighted by Gasteiger charge is 2.29. The van der Waals surface area contributed by atoms with Gasteiger partial charge in [0.2, 0.25) is 23.6 Å². The Labute approximate surface area is 511 Å². The third kappa shape index (κ3) is 23.0. The molecule has 0 spiro atoms. The smallest absolute Gasteiger partial charge is 0.312 e. The van der Waals surface area contributed by atoms with Gasteiger partial charge >= 0.3 is 12.1 Å². The summed E-state index contributed by atoms with van der Waals surface area (Å²) >= 11 is 0. The first-order valence-electron chi connectivity index (χ1n) is 27.5. The van der Waals surface area contributed by atoms with Gasteiger partial charge in [-0.1, -0.05) is 0 Å². The predicted molar refractivity (Wildman–Crippen MR) is 330 cm³/mol. The molecule has 0 aromatic heterocycles. The van der Waals surface area contributed by atoms with Gasteiger partial charge in [0.05, 0.1) is 56.7 Å². The fraction of sp³-hybridized carbons (Fsp3) is 0.357. The van der Waals surface area contributed by atoms with E-state index in [4.69, 9.17) is 64.8 Å². The standard InChI is InChI=1S/C56H77N19O14/c1-86-41-17-13-29(25-33(41)45(58)76)70-50(81)38(10-6-22-66-54(61)62)73-47(78)35-27-31(15-19-43(35)88-3)72-52(83)40(12-8-24-68-56(64)85)75-48(79)36-28-32(16-20-44(36)89-4)71-51(82)39(11-7-23-67-55(63)84)74-46(77)34-26-30(14-18-42(34)87-2)69-49(80)37(57)9-5-21-65-53(59)60/h13-20,25-28,37-40H,5-12,21-24,57H2,1-4H3,(H2,58,76)(H,69,80)(H,70,81)(H,71,82)(H,72,83)(H,73,78)(H,74,77)(H,75,79)(H4,59,60,65)(H4,61,62,66)(H3,63,67,84)(H3,64,68,85). The molecule has 4 atom stereocenters. The second-order valence-electron chi connectivity index (χ2n) is 19.4. The molecule has 25 N–H and O–H groups in total. The van der Waals surface area contributed by atoms with Crippen LogP contribution < -0.4 is 113 Å².